The van der Waals surface area contributed by atoms with Crippen molar-refractivity contribution in [2.24, 2.45) is 0 Å². The average molecular weight is 257 g/mol. The lowest BCUT2D eigenvalue weighted by molar-refractivity contribution is -0.275. The highest BCUT2D eigenvalue weighted by Gasteiger charge is 2.32. The van der Waals surface area contributed by atoms with Gasteiger partial charge in [-0.2, -0.15) is 0 Å². The summed E-state index contributed by atoms with van der Waals surface area (Å²) in [6.07, 6.45) is -4.11. The summed E-state index contributed by atoms with van der Waals surface area (Å²) < 4.78 is 52.7. The number of benzene rings is 1. The second-order valence-corrected chi connectivity index (χ2v) is 3.45. The molecule has 1 nitrogen and oxygen atoms in total. The van der Waals surface area contributed by atoms with E-state index in [-0.39, 0.29) is 12.0 Å². The Hall–Kier alpha value is -0.970. The predicted octanol–water partition coefficient (Wildman–Crippen LogP) is 3.90. The van der Waals surface area contributed by atoms with Crippen LogP contribution in [0.3, 0.4) is 0 Å². The molecule has 0 atom stereocenters. The first-order chi connectivity index (χ1) is 7.44. The molecule has 6 heteroatoms. The van der Waals surface area contributed by atoms with E-state index in [1.807, 2.05) is 0 Å². The van der Waals surface area contributed by atoms with Gasteiger partial charge in [-0.05, 0) is 24.5 Å². The van der Waals surface area contributed by atoms with E-state index >= 15 is 0 Å². The van der Waals surface area contributed by atoms with Crippen molar-refractivity contribution < 1.29 is 22.3 Å². The molecule has 0 bridgehead atoms. The van der Waals surface area contributed by atoms with E-state index < -0.39 is 17.9 Å². The van der Waals surface area contributed by atoms with Crippen molar-refractivity contribution in [2.45, 2.75) is 19.2 Å². The summed E-state index contributed by atoms with van der Waals surface area (Å²) >= 11 is 5.42. The van der Waals surface area contributed by atoms with Crippen LogP contribution in [0.5, 0.6) is 5.75 Å². The summed E-state index contributed by atoms with van der Waals surface area (Å²) in [5, 5.41) is 0. The maximum Gasteiger partial charge on any atom is 0.573 e. The minimum atomic E-state index is -4.88. The SMILES string of the molecule is Fc1c(CCCCl)cccc1OC(F)(F)F. The number of rotatable bonds is 4. The monoisotopic (exact) mass is 256 g/mol. The Bertz CT molecular complexity index is 351. The largest absolute Gasteiger partial charge is 0.573 e. The van der Waals surface area contributed by atoms with Gasteiger partial charge in [0.05, 0.1) is 0 Å². The highest BCUT2D eigenvalue weighted by atomic mass is 35.5. The average Bonchev–Trinajstić information content (AvgIpc) is 2.17. The van der Waals surface area contributed by atoms with E-state index in [4.69, 9.17) is 11.6 Å². The van der Waals surface area contributed by atoms with E-state index in [0.717, 1.165) is 6.07 Å². The Morgan fingerprint density at radius 2 is 1.94 bits per heavy atom. The molecule has 0 fully saturated rings. The number of alkyl halides is 4. The Labute approximate surface area is 95.0 Å². The molecule has 0 aliphatic rings. The standard InChI is InChI=1S/C10H9ClF4O/c11-6-2-4-7-3-1-5-8(9(7)12)16-10(13,14)15/h1,3,5H,2,4,6H2. The number of ether oxygens (including phenoxy) is 1. The van der Waals surface area contributed by atoms with E-state index in [0.29, 0.717) is 12.3 Å². The Kier molecular flexibility index (Phi) is 4.41. The normalized spacial score (nSPS) is 11.6. The van der Waals surface area contributed by atoms with Crippen LogP contribution in [0.25, 0.3) is 0 Å². The summed E-state index contributed by atoms with van der Waals surface area (Å²) in [6, 6.07) is 3.66. The molecule has 0 aromatic heterocycles. The van der Waals surface area contributed by atoms with Gasteiger partial charge in [0.2, 0.25) is 0 Å². The first-order valence-corrected chi connectivity index (χ1v) is 5.06. The molecule has 1 rings (SSSR count). The first kappa shape index (κ1) is 13.1. The third-order valence-corrected chi connectivity index (χ3v) is 2.12. The van der Waals surface area contributed by atoms with Gasteiger partial charge in [0.1, 0.15) is 0 Å². The van der Waals surface area contributed by atoms with Gasteiger partial charge >= 0.3 is 6.36 Å². The summed E-state index contributed by atoms with van der Waals surface area (Å²) in [7, 11) is 0. The van der Waals surface area contributed by atoms with E-state index in [1.54, 1.807) is 0 Å². The maximum atomic E-state index is 13.5. The third kappa shape index (κ3) is 3.89. The molecule has 1 aromatic carbocycles. The van der Waals surface area contributed by atoms with Crippen LogP contribution in [0.2, 0.25) is 0 Å². The predicted molar refractivity (Wildman–Crippen MR) is 52.1 cm³/mol. The molecule has 0 spiro atoms. The number of halogens is 5. The lowest BCUT2D eigenvalue weighted by atomic mass is 10.1. The Morgan fingerprint density at radius 1 is 1.25 bits per heavy atom. The van der Waals surface area contributed by atoms with Crippen LogP contribution in [-0.4, -0.2) is 12.2 Å². The van der Waals surface area contributed by atoms with Crippen molar-refractivity contribution in [1.82, 2.24) is 0 Å². The van der Waals surface area contributed by atoms with Gasteiger partial charge in [0.25, 0.3) is 0 Å². The van der Waals surface area contributed by atoms with Crippen LogP contribution < -0.4 is 4.74 Å². The van der Waals surface area contributed by atoms with E-state index in [2.05, 4.69) is 4.74 Å². The van der Waals surface area contributed by atoms with Crippen LogP contribution >= 0.6 is 11.6 Å². The third-order valence-electron chi connectivity index (χ3n) is 1.85. The van der Waals surface area contributed by atoms with Gasteiger partial charge in [-0.25, -0.2) is 4.39 Å². The number of hydrogen-bond donors (Lipinski definition) is 0. The summed E-state index contributed by atoms with van der Waals surface area (Å²) in [4.78, 5) is 0. The fraction of sp³-hybridized carbons (Fsp3) is 0.400. The molecular weight excluding hydrogens is 248 g/mol. The first-order valence-electron chi connectivity index (χ1n) is 4.53. The summed E-state index contributed by atoms with van der Waals surface area (Å²) in [6.45, 7) is 0. The molecule has 16 heavy (non-hydrogen) atoms. The molecule has 0 unspecified atom stereocenters. The van der Waals surface area contributed by atoms with E-state index in [9.17, 15) is 17.6 Å². The minimum Gasteiger partial charge on any atom is -0.403 e. The van der Waals surface area contributed by atoms with Crippen molar-refractivity contribution in [3.8, 4) is 5.75 Å². The molecular formula is C10H9ClF4O. The molecule has 0 saturated carbocycles. The Balaban J connectivity index is 2.86. The molecule has 0 saturated heterocycles. The van der Waals surface area contributed by atoms with E-state index in [1.165, 1.54) is 12.1 Å². The number of aryl methyl sites for hydroxylation is 1. The molecule has 90 valence electrons. The zero-order valence-electron chi connectivity index (χ0n) is 8.15. The topological polar surface area (TPSA) is 9.23 Å². The molecule has 0 radical (unpaired) electrons. The second-order valence-electron chi connectivity index (χ2n) is 3.07. The lowest BCUT2D eigenvalue weighted by Crippen LogP contribution is -2.18. The van der Waals surface area contributed by atoms with Crippen molar-refractivity contribution in [3.63, 3.8) is 0 Å². The van der Waals surface area contributed by atoms with Crippen molar-refractivity contribution in [1.29, 1.82) is 0 Å². The number of hydrogen-bond acceptors (Lipinski definition) is 1. The highest BCUT2D eigenvalue weighted by Crippen LogP contribution is 2.27. The van der Waals surface area contributed by atoms with Gasteiger partial charge in [-0.3, -0.25) is 0 Å². The van der Waals surface area contributed by atoms with Gasteiger partial charge < -0.3 is 4.74 Å². The lowest BCUT2D eigenvalue weighted by Gasteiger charge is -2.11. The zero-order valence-corrected chi connectivity index (χ0v) is 8.91. The molecule has 0 aliphatic carbocycles. The van der Waals surface area contributed by atoms with Crippen LogP contribution in [-0.2, 0) is 6.42 Å². The van der Waals surface area contributed by atoms with Crippen LogP contribution in [0.4, 0.5) is 17.6 Å². The molecule has 0 aliphatic heterocycles. The van der Waals surface area contributed by atoms with Crippen molar-refractivity contribution >= 4 is 11.6 Å². The molecule has 0 heterocycles. The second kappa shape index (κ2) is 5.39. The van der Waals surface area contributed by atoms with Crippen LogP contribution in [0.15, 0.2) is 18.2 Å². The molecule has 0 N–H and O–H groups in total. The summed E-state index contributed by atoms with van der Waals surface area (Å²) in [5.41, 5.74) is 0.169. The van der Waals surface area contributed by atoms with Gasteiger partial charge in [-0.15, -0.1) is 24.8 Å². The quantitative estimate of drug-likeness (QED) is 0.586. The molecule has 0 amide bonds. The fourth-order valence-corrected chi connectivity index (χ4v) is 1.34. The van der Waals surface area contributed by atoms with Crippen molar-refractivity contribution in [2.75, 3.05) is 5.88 Å². The fourth-order valence-electron chi connectivity index (χ4n) is 1.21. The van der Waals surface area contributed by atoms with Gasteiger partial charge in [0.15, 0.2) is 11.6 Å². The zero-order chi connectivity index (χ0) is 12.2. The minimum absolute atomic E-state index is 0.169. The molecule has 1 aromatic rings. The van der Waals surface area contributed by atoms with Crippen LogP contribution in [0.1, 0.15) is 12.0 Å². The van der Waals surface area contributed by atoms with Crippen molar-refractivity contribution in [3.05, 3.63) is 29.6 Å². The van der Waals surface area contributed by atoms with Gasteiger partial charge in [-0.1, -0.05) is 12.1 Å². The Morgan fingerprint density at radius 3 is 2.50 bits per heavy atom. The highest BCUT2D eigenvalue weighted by molar-refractivity contribution is 6.17. The van der Waals surface area contributed by atoms with Crippen LogP contribution in [0, 0.1) is 5.82 Å². The summed E-state index contributed by atoms with van der Waals surface area (Å²) in [5.74, 6) is -1.46. The smallest absolute Gasteiger partial charge is 0.403 e. The van der Waals surface area contributed by atoms with Gasteiger partial charge in [0, 0.05) is 5.88 Å². The maximum absolute atomic E-state index is 13.5.